The molecular formula is C21H20ClN3O. The van der Waals surface area contributed by atoms with Crippen LogP contribution < -0.4 is 10.2 Å². The molecule has 4 rings (SSSR count). The van der Waals surface area contributed by atoms with Gasteiger partial charge in [0.05, 0.1) is 11.4 Å². The molecule has 2 aromatic carbocycles. The maximum absolute atomic E-state index is 12.7. The lowest BCUT2D eigenvalue weighted by atomic mass is 9.96. The fourth-order valence-corrected chi connectivity index (χ4v) is 3.72. The molecule has 132 valence electrons. The van der Waals surface area contributed by atoms with Gasteiger partial charge < -0.3 is 10.2 Å². The van der Waals surface area contributed by atoms with Gasteiger partial charge in [0, 0.05) is 41.1 Å². The monoisotopic (exact) mass is 365 g/mol. The standard InChI is InChI=1S/C21H20ClN3O/c22-16-8-9-18-19(13-16)23-11-10-20(18)25-12-4-5-15(14-25)21(26)24-17-6-2-1-3-7-17/h1-3,6-11,13,15H,4-5,12,14H2,(H,24,26). The summed E-state index contributed by atoms with van der Waals surface area (Å²) in [5.41, 5.74) is 2.84. The van der Waals surface area contributed by atoms with E-state index in [0.717, 1.165) is 41.7 Å². The molecule has 3 aromatic rings. The van der Waals surface area contributed by atoms with Crippen molar-refractivity contribution in [2.45, 2.75) is 12.8 Å². The maximum atomic E-state index is 12.7. The SMILES string of the molecule is O=C(Nc1ccccc1)C1CCCN(c2ccnc3cc(Cl)ccc23)C1. The van der Waals surface area contributed by atoms with Crippen LogP contribution in [-0.2, 0) is 4.79 Å². The molecule has 1 N–H and O–H groups in total. The van der Waals surface area contributed by atoms with E-state index in [2.05, 4.69) is 15.2 Å². The molecule has 1 saturated heterocycles. The number of carbonyl (C=O) groups is 1. The number of hydrogen-bond acceptors (Lipinski definition) is 3. The quantitative estimate of drug-likeness (QED) is 0.728. The highest BCUT2D eigenvalue weighted by Crippen LogP contribution is 2.31. The molecule has 1 amide bonds. The number of piperidine rings is 1. The van der Waals surface area contributed by atoms with Crippen LogP contribution in [0.25, 0.3) is 10.9 Å². The summed E-state index contributed by atoms with van der Waals surface area (Å²) in [6.07, 6.45) is 3.70. The third kappa shape index (κ3) is 3.51. The Balaban J connectivity index is 1.55. The number of amides is 1. The fraction of sp³-hybridized carbons (Fsp3) is 0.238. The Morgan fingerprint density at radius 1 is 1.15 bits per heavy atom. The van der Waals surface area contributed by atoms with Crippen molar-refractivity contribution in [1.29, 1.82) is 0 Å². The average Bonchev–Trinajstić information content (AvgIpc) is 2.68. The summed E-state index contributed by atoms with van der Waals surface area (Å²) < 4.78 is 0. The van der Waals surface area contributed by atoms with E-state index >= 15 is 0 Å². The van der Waals surface area contributed by atoms with Crippen molar-refractivity contribution in [2.75, 3.05) is 23.3 Å². The number of anilines is 2. The number of benzene rings is 2. The van der Waals surface area contributed by atoms with Crippen LogP contribution in [-0.4, -0.2) is 24.0 Å². The summed E-state index contributed by atoms with van der Waals surface area (Å²) in [7, 11) is 0. The number of halogens is 1. The van der Waals surface area contributed by atoms with Crippen molar-refractivity contribution in [3.8, 4) is 0 Å². The van der Waals surface area contributed by atoms with Crippen LogP contribution in [0.1, 0.15) is 12.8 Å². The summed E-state index contributed by atoms with van der Waals surface area (Å²) in [6, 6.07) is 17.4. The number of fused-ring (bicyclic) bond motifs is 1. The molecule has 1 atom stereocenters. The van der Waals surface area contributed by atoms with E-state index in [4.69, 9.17) is 11.6 Å². The summed E-state index contributed by atoms with van der Waals surface area (Å²) >= 11 is 6.09. The number of nitrogens with one attached hydrogen (secondary N) is 1. The Labute approximate surface area is 157 Å². The van der Waals surface area contributed by atoms with Crippen molar-refractivity contribution in [3.63, 3.8) is 0 Å². The Kier molecular flexibility index (Phi) is 4.76. The van der Waals surface area contributed by atoms with Gasteiger partial charge in [-0.2, -0.15) is 0 Å². The first-order valence-electron chi connectivity index (χ1n) is 8.86. The number of hydrogen-bond donors (Lipinski definition) is 1. The number of rotatable bonds is 3. The van der Waals surface area contributed by atoms with Crippen LogP contribution in [0.5, 0.6) is 0 Å². The molecule has 0 spiro atoms. The Hall–Kier alpha value is -2.59. The van der Waals surface area contributed by atoms with E-state index in [1.54, 1.807) is 0 Å². The molecule has 1 aliphatic heterocycles. The van der Waals surface area contributed by atoms with Crippen LogP contribution in [0.15, 0.2) is 60.8 Å². The summed E-state index contributed by atoms with van der Waals surface area (Å²) in [5, 5.41) is 4.78. The normalized spacial score (nSPS) is 17.3. The molecule has 0 bridgehead atoms. The molecule has 26 heavy (non-hydrogen) atoms. The number of pyridine rings is 1. The van der Waals surface area contributed by atoms with Gasteiger partial charge in [0.1, 0.15) is 0 Å². The molecule has 4 nitrogen and oxygen atoms in total. The van der Waals surface area contributed by atoms with Crippen LogP contribution >= 0.6 is 11.6 Å². The van der Waals surface area contributed by atoms with E-state index in [9.17, 15) is 4.79 Å². The average molecular weight is 366 g/mol. The van der Waals surface area contributed by atoms with E-state index < -0.39 is 0 Å². The van der Waals surface area contributed by atoms with Gasteiger partial charge in [0.25, 0.3) is 0 Å². The van der Waals surface area contributed by atoms with Gasteiger partial charge in [0.15, 0.2) is 0 Å². The number of carbonyl (C=O) groups excluding carboxylic acids is 1. The lowest BCUT2D eigenvalue weighted by Crippen LogP contribution is -2.40. The molecule has 2 heterocycles. The Bertz CT molecular complexity index is 929. The van der Waals surface area contributed by atoms with Gasteiger partial charge >= 0.3 is 0 Å². The first-order chi connectivity index (χ1) is 12.7. The number of para-hydroxylation sites is 1. The van der Waals surface area contributed by atoms with Gasteiger partial charge in [0.2, 0.25) is 5.91 Å². The smallest absolute Gasteiger partial charge is 0.229 e. The third-order valence-electron chi connectivity index (χ3n) is 4.86. The second-order valence-electron chi connectivity index (χ2n) is 6.63. The Morgan fingerprint density at radius 2 is 2.00 bits per heavy atom. The zero-order valence-corrected chi connectivity index (χ0v) is 15.1. The predicted molar refractivity (Wildman–Crippen MR) is 107 cm³/mol. The molecule has 1 aromatic heterocycles. The highest BCUT2D eigenvalue weighted by molar-refractivity contribution is 6.31. The lowest BCUT2D eigenvalue weighted by Gasteiger charge is -2.34. The largest absolute Gasteiger partial charge is 0.370 e. The van der Waals surface area contributed by atoms with Gasteiger partial charge in [-0.1, -0.05) is 29.8 Å². The Morgan fingerprint density at radius 3 is 2.85 bits per heavy atom. The second-order valence-corrected chi connectivity index (χ2v) is 7.07. The molecule has 5 heteroatoms. The van der Waals surface area contributed by atoms with Crippen molar-refractivity contribution >= 4 is 39.8 Å². The van der Waals surface area contributed by atoms with Crippen LogP contribution in [0, 0.1) is 5.92 Å². The second kappa shape index (κ2) is 7.34. The zero-order chi connectivity index (χ0) is 17.9. The van der Waals surface area contributed by atoms with Gasteiger partial charge in [-0.15, -0.1) is 0 Å². The molecule has 1 fully saturated rings. The van der Waals surface area contributed by atoms with Crippen LogP contribution in [0.2, 0.25) is 5.02 Å². The van der Waals surface area contributed by atoms with E-state index in [0.29, 0.717) is 11.6 Å². The lowest BCUT2D eigenvalue weighted by molar-refractivity contribution is -0.120. The van der Waals surface area contributed by atoms with Gasteiger partial charge in [-0.3, -0.25) is 9.78 Å². The molecule has 0 radical (unpaired) electrons. The number of nitrogens with zero attached hydrogens (tertiary/aromatic N) is 2. The first-order valence-corrected chi connectivity index (χ1v) is 9.23. The first kappa shape index (κ1) is 16.9. The predicted octanol–water partition coefficient (Wildman–Crippen LogP) is 4.74. The minimum absolute atomic E-state index is 0.0283. The van der Waals surface area contributed by atoms with Crippen LogP contribution in [0.3, 0.4) is 0 Å². The molecule has 0 saturated carbocycles. The summed E-state index contributed by atoms with van der Waals surface area (Å²) in [4.78, 5) is 19.4. The molecule has 0 aliphatic carbocycles. The minimum atomic E-state index is -0.0283. The van der Waals surface area contributed by atoms with Crippen molar-refractivity contribution in [1.82, 2.24) is 4.98 Å². The summed E-state index contributed by atoms with van der Waals surface area (Å²) in [6.45, 7) is 1.65. The zero-order valence-electron chi connectivity index (χ0n) is 14.4. The van der Waals surface area contributed by atoms with E-state index in [1.165, 1.54) is 0 Å². The number of aromatic nitrogens is 1. The minimum Gasteiger partial charge on any atom is -0.370 e. The molecule has 1 aliphatic rings. The van der Waals surface area contributed by atoms with Crippen LogP contribution in [0.4, 0.5) is 11.4 Å². The molecule has 1 unspecified atom stereocenters. The highest BCUT2D eigenvalue weighted by atomic mass is 35.5. The van der Waals surface area contributed by atoms with E-state index in [-0.39, 0.29) is 11.8 Å². The maximum Gasteiger partial charge on any atom is 0.229 e. The molecular weight excluding hydrogens is 346 g/mol. The van der Waals surface area contributed by atoms with E-state index in [1.807, 2.05) is 60.8 Å². The van der Waals surface area contributed by atoms with Crippen molar-refractivity contribution < 1.29 is 4.79 Å². The highest BCUT2D eigenvalue weighted by Gasteiger charge is 2.26. The van der Waals surface area contributed by atoms with Gasteiger partial charge in [-0.25, -0.2) is 0 Å². The van der Waals surface area contributed by atoms with Gasteiger partial charge in [-0.05, 0) is 49.2 Å². The fourth-order valence-electron chi connectivity index (χ4n) is 3.56. The van der Waals surface area contributed by atoms with Crippen molar-refractivity contribution in [3.05, 3.63) is 65.8 Å². The topological polar surface area (TPSA) is 45.2 Å². The third-order valence-corrected chi connectivity index (χ3v) is 5.09. The summed E-state index contributed by atoms with van der Waals surface area (Å²) in [5.74, 6) is 0.0572. The van der Waals surface area contributed by atoms with Crippen molar-refractivity contribution in [2.24, 2.45) is 5.92 Å².